The summed E-state index contributed by atoms with van der Waals surface area (Å²) in [4.78, 5) is 12.8. The van der Waals surface area contributed by atoms with E-state index in [0.717, 1.165) is 59.5 Å². The van der Waals surface area contributed by atoms with E-state index in [1.165, 1.54) is 0 Å². The van der Waals surface area contributed by atoms with Crippen LogP contribution >= 0.6 is 0 Å². The first-order valence-corrected chi connectivity index (χ1v) is 8.68. The molecule has 0 saturated carbocycles. The number of amides is 1. The smallest absolute Gasteiger partial charge is 0.291 e. The minimum atomic E-state index is -0.265. The second-order valence-corrected chi connectivity index (χ2v) is 6.24. The van der Waals surface area contributed by atoms with Crippen molar-refractivity contribution in [1.82, 2.24) is 0 Å². The van der Waals surface area contributed by atoms with Gasteiger partial charge >= 0.3 is 0 Å². The summed E-state index contributed by atoms with van der Waals surface area (Å²) < 4.78 is 5.88. The molecular formula is C19H23N5O2. The fourth-order valence-electron chi connectivity index (χ4n) is 3.23. The number of nitrogens with two attached hydrogens (primary N) is 2. The fourth-order valence-corrected chi connectivity index (χ4v) is 3.23. The van der Waals surface area contributed by atoms with Gasteiger partial charge < -0.3 is 21.2 Å². The third-order valence-electron chi connectivity index (χ3n) is 4.46. The van der Waals surface area contributed by atoms with Crippen LogP contribution in [0.2, 0.25) is 0 Å². The van der Waals surface area contributed by atoms with Crippen LogP contribution in [-0.2, 0) is 12.8 Å². The van der Waals surface area contributed by atoms with E-state index in [-0.39, 0.29) is 11.9 Å². The highest BCUT2D eigenvalue weighted by atomic mass is 16.4. The van der Waals surface area contributed by atoms with E-state index >= 15 is 0 Å². The molecule has 0 unspecified atom stereocenters. The predicted molar refractivity (Wildman–Crippen MR) is 103 cm³/mol. The summed E-state index contributed by atoms with van der Waals surface area (Å²) in [6.07, 6.45) is 3.21. The lowest BCUT2D eigenvalue weighted by atomic mass is 9.93. The van der Waals surface area contributed by atoms with Gasteiger partial charge in [-0.1, -0.05) is 25.1 Å². The number of hydrogen-bond donors (Lipinski definition) is 3. The topological polar surface area (TPSA) is 119 Å². The fraction of sp³-hybridized carbons (Fsp3) is 0.316. The molecule has 0 saturated heterocycles. The molecule has 7 heteroatoms. The summed E-state index contributed by atoms with van der Waals surface area (Å²) in [5.74, 6) is 0.700. The first-order chi connectivity index (χ1) is 12.5. The van der Waals surface area contributed by atoms with E-state index < -0.39 is 0 Å². The summed E-state index contributed by atoms with van der Waals surface area (Å²) in [6, 6.07) is 7.74. The molecule has 136 valence electrons. The van der Waals surface area contributed by atoms with Gasteiger partial charge in [-0.25, -0.2) is 0 Å². The van der Waals surface area contributed by atoms with E-state index in [0.29, 0.717) is 5.76 Å². The van der Waals surface area contributed by atoms with Gasteiger partial charge in [0.25, 0.3) is 5.91 Å². The van der Waals surface area contributed by atoms with Gasteiger partial charge in [0.05, 0.1) is 5.71 Å². The molecule has 5 N–H and O–H groups in total. The van der Waals surface area contributed by atoms with Crippen LogP contribution in [0, 0.1) is 6.92 Å². The molecule has 0 radical (unpaired) electrons. The van der Waals surface area contributed by atoms with Crippen LogP contribution in [-0.4, -0.2) is 17.6 Å². The Bertz CT molecular complexity index is 891. The number of guanidine groups is 1. The van der Waals surface area contributed by atoms with Crippen LogP contribution in [0.4, 0.5) is 5.69 Å². The maximum Gasteiger partial charge on any atom is 0.291 e. The van der Waals surface area contributed by atoms with Gasteiger partial charge in [-0.05, 0) is 37.8 Å². The number of carbonyl (C=O) groups is 1. The molecule has 1 amide bonds. The van der Waals surface area contributed by atoms with Crippen LogP contribution in [0.3, 0.4) is 0 Å². The molecule has 3 rings (SSSR count). The van der Waals surface area contributed by atoms with Crippen LogP contribution in [0.15, 0.2) is 38.9 Å². The average Bonchev–Trinajstić information content (AvgIpc) is 2.98. The largest absolute Gasteiger partial charge is 0.455 e. The molecular weight excluding hydrogens is 330 g/mol. The second kappa shape index (κ2) is 7.43. The first-order valence-electron chi connectivity index (χ1n) is 8.68. The lowest BCUT2D eigenvalue weighted by Gasteiger charge is -2.11. The molecule has 0 fully saturated rings. The molecule has 1 aromatic heterocycles. The van der Waals surface area contributed by atoms with Gasteiger partial charge in [-0.3, -0.25) is 4.79 Å². The number of rotatable bonds is 4. The summed E-state index contributed by atoms with van der Waals surface area (Å²) in [6.45, 7) is 3.91. The van der Waals surface area contributed by atoms with Crippen molar-refractivity contribution in [3.63, 3.8) is 0 Å². The Morgan fingerprint density at radius 3 is 2.77 bits per heavy atom. The highest BCUT2D eigenvalue weighted by molar-refractivity contribution is 6.09. The Labute approximate surface area is 152 Å². The highest BCUT2D eigenvalue weighted by Crippen LogP contribution is 2.30. The lowest BCUT2D eigenvalue weighted by Crippen LogP contribution is -2.22. The maximum atomic E-state index is 12.8. The standard InChI is InChI=1S/C19H23N5O2/c1-3-12-7-4-5-8-13(12)22-18(25)17-11(2)16-14(23-24-19(20)21)9-6-10-15(16)26-17/h4-5,7-8H,3,6,9-10H2,1-2H3,(H,22,25)(H4,20,21,24)/b23-14+. The Kier molecular flexibility index (Phi) is 5.06. The number of aryl methyl sites for hydroxylation is 2. The Morgan fingerprint density at radius 1 is 1.27 bits per heavy atom. The molecule has 7 nitrogen and oxygen atoms in total. The van der Waals surface area contributed by atoms with Gasteiger partial charge in [0.2, 0.25) is 5.96 Å². The molecule has 0 aliphatic heterocycles. The van der Waals surface area contributed by atoms with E-state index in [9.17, 15) is 4.79 Å². The van der Waals surface area contributed by atoms with Crippen LogP contribution in [0.5, 0.6) is 0 Å². The highest BCUT2D eigenvalue weighted by Gasteiger charge is 2.28. The average molecular weight is 353 g/mol. The van der Waals surface area contributed by atoms with Gasteiger partial charge in [0, 0.05) is 23.2 Å². The van der Waals surface area contributed by atoms with Gasteiger partial charge in [0.15, 0.2) is 5.76 Å². The number of anilines is 1. The zero-order chi connectivity index (χ0) is 18.7. The van der Waals surface area contributed by atoms with Crippen molar-refractivity contribution in [2.24, 2.45) is 21.7 Å². The zero-order valence-electron chi connectivity index (χ0n) is 15.0. The van der Waals surface area contributed by atoms with Crippen LogP contribution in [0.1, 0.15) is 52.8 Å². The van der Waals surface area contributed by atoms with Crippen molar-refractivity contribution >= 4 is 23.3 Å². The number of para-hydroxylation sites is 1. The molecule has 0 atom stereocenters. The van der Waals surface area contributed by atoms with Crippen molar-refractivity contribution in [1.29, 1.82) is 0 Å². The molecule has 1 aliphatic rings. The van der Waals surface area contributed by atoms with Gasteiger partial charge in [-0.2, -0.15) is 5.10 Å². The molecule has 0 spiro atoms. The summed E-state index contributed by atoms with van der Waals surface area (Å²) in [5, 5.41) is 10.8. The zero-order valence-corrected chi connectivity index (χ0v) is 15.0. The molecule has 0 bridgehead atoms. The van der Waals surface area contributed by atoms with E-state index in [1.54, 1.807) is 0 Å². The lowest BCUT2D eigenvalue weighted by molar-refractivity contribution is 0.0994. The Morgan fingerprint density at radius 2 is 2.04 bits per heavy atom. The van der Waals surface area contributed by atoms with Crippen molar-refractivity contribution < 1.29 is 9.21 Å². The number of nitrogens with zero attached hydrogens (tertiary/aromatic N) is 2. The molecule has 1 heterocycles. The van der Waals surface area contributed by atoms with E-state index in [1.807, 2.05) is 38.1 Å². The SMILES string of the molecule is CCc1ccccc1NC(=O)c1oc2c(c1C)/C(=N/N=C(N)N)CCC2. The Hall–Kier alpha value is -3.09. The summed E-state index contributed by atoms with van der Waals surface area (Å²) >= 11 is 0. The quantitative estimate of drug-likeness (QED) is 0.445. The Balaban J connectivity index is 1.94. The van der Waals surface area contributed by atoms with Crippen molar-refractivity contribution in [3.8, 4) is 0 Å². The number of fused-ring (bicyclic) bond motifs is 1. The molecule has 2 aromatic rings. The predicted octanol–water partition coefficient (Wildman–Crippen LogP) is 2.72. The third-order valence-corrected chi connectivity index (χ3v) is 4.46. The van der Waals surface area contributed by atoms with Crippen molar-refractivity contribution in [2.45, 2.75) is 39.5 Å². The second-order valence-electron chi connectivity index (χ2n) is 6.24. The minimum Gasteiger partial charge on any atom is -0.455 e. The minimum absolute atomic E-state index is 0.0973. The monoisotopic (exact) mass is 353 g/mol. The normalized spacial score (nSPS) is 14.8. The number of hydrogen-bond acceptors (Lipinski definition) is 4. The number of benzene rings is 1. The van der Waals surface area contributed by atoms with E-state index in [2.05, 4.69) is 15.5 Å². The summed E-state index contributed by atoms with van der Waals surface area (Å²) in [7, 11) is 0. The number of furan rings is 1. The van der Waals surface area contributed by atoms with E-state index in [4.69, 9.17) is 15.9 Å². The molecule has 1 aromatic carbocycles. The molecule has 1 aliphatic carbocycles. The maximum absolute atomic E-state index is 12.8. The summed E-state index contributed by atoms with van der Waals surface area (Å²) in [5.41, 5.74) is 15.0. The number of nitrogens with one attached hydrogen (secondary N) is 1. The van der Waals surface area contributed by atoms with Gasteiger partial charge in [-0.15, -0.1) is 5.10 Å². The van der Waals surface area contributed by atoms with Crippen LogP contribution in [0.25, 0.3) is 0 Å². The van der Waals surface area contributed by atoms with Gasteiger partial charge in [0.1, 0.15) is 5.76 Å². The van der Waals surface area contributed by atoms with Crippen molar-refractivity contribution in [3.05, 3.63) is 52.5 Å². The van der Waals surface area contributed by atoms with Crippen molar-refractivity contribution in [2.75, 3.05) is 5.32 Å². The number of carbonyl (C=O) groups excluding carboxylic acids is 1. The third kappa shape index (κ3) is 3.46. The molecule has 26 heavy (non-hydrogen) atoms. The first kappa shape index (κ1) is 17.7. The van der Waals surface area contributed by atoms with Crippen LogP contribution < -0.4 is 16.8 Å².